The van der Waals surface area contributed by atoms with Crippen LogP contribution in [0, 0.1) is 0 Å². The maximum atomic E-state index is 12.1. The minimum atomic E-state index is -3.81. The number of aliphatic hydroxyl groups excluding tert-OH is 1. The van der Waals surface area contributed by atoms with Crippen molar-refractivity contribution in [1.82, 2.24) is 9.29 Å². The Bertz CT molecular complexity index is 792. The van der Waals surface area contributed by atoms with Crippen molar-refractivity contribution in [3.05, 3.63) is 28.7 Å². The molecule has 2 N–H and O–H groups in total. The molecule has 0 aliphatic heterocycles. The summed E-state index contributed by atoms with van der Waals surface area (Å²) < 4.78 is 37.4. The topological polar surface area (TPSA) is 111 Å². The normalized spacial score (nSPS) is 13.7. The molecule has 0 fully saturated rings. The average molecular weight is 316 g/mol. The summed E-state index contributed by atoms with van der Waals surface area (Å²) in [5.74, 6) is -0.567. The highest BCUT2D eigenvalue weighted by atomic mass is 32.2. The molecule has 9 heteroatoms. The van der Waals surface area contributed by atoms with Gasteiger partial charge in [-0.3, -0.25) is 4.57 Å². The van der Waals surface area contributed by atoms with Crippen molar-refractivity contribution in [2.75, 3.05) is 20.3 Å². The molecular formula is C12H16N2O6S. The third-order valence-corrected chi connectivity index (χ3v) is 4.36. The summed E-state index contributed by atoms with van der Waals surface area (Å²) in [5.41, 5.74) is 0.682. The van der Waals surface area contributed by atoms with E-state index in [0.29, 0.717) is 5.52 Å². The lowest BCUT2D eigenvalue weighted by atomic mass is 10.3. The van der Waals surface area contributed by atoms with Crippen molar-refractivity contribution in [3.63, 3.8) is 0 Å². The average Bonchev–Trinajstić information content (AvgIpc) is 2.72. The zero-order chi connectivity index (χ0) is 15.6. The first-order chi connectivity index (χ1) is 9.85. The molecule has 0 aliphatic carbocycles. The predicted molar refractivity (Wildman–Crippen MR) is 74.5 cm³/mol. The molecule has 2 rings (SSSR count). The molecule has 0 spiro atoms. The summed E-state index contributed by atoms with van der Waals surface area (Å²) >= 11 is 0. The van der Waals surface area contributed by atoms with E-state index in [9.17, 15) is 18.3 Å². The fraction of sp³-hybridized carbons (Fsp3) is 0.417. The molecule has 116 valence electrons. The van der Waals surface area contributed by atoms with Gasteiger partial charge in [-0.25, -0.2) is 17.9 Å². The molecule has 21 heavy (non-hydrogen) atoms. The highest BCUT2D eigenvalue weighted by molar-refractivity contribution is 7.89. The van der Waals surface area contributed by atoms with Crippen LogP contribution in [0.4, 0.5) is 0 Å². The van der Waals surface area contributed by atoms with Crippen LogP contribution in [0.1, 0.15) is 0 Å². The van der Waals surface area contributed by atoms with Gasteiger partial charge in [0.25, 0.3) is 0 Å². The Morgan fingerprint density at radius 1 is 1.48 bits per heavy atom. The van der Waals surface area contributed by atoms with Crippen LogP contribution in [0.15, 0.2) is 32.3 Å². The molecule has 8 nitrogen and oxygen atoms in total. The van der Waals surface area contributed by atoms with Crippen LogP contribution in [0.5, 0.6) is 0 Å². The Morgan fingerprint density at radius 2 is 2.19 bits per heavy atom. The molecule has 0 radical (unpaired) electrons. The van der Waals surface area contributed by atoms with E-state index < -0.39 is 21.9 Å². The highest BCUT2D eigenvalue weighted by Crippen LogP contribution is 2.17. The number of benzene rings is 1. The lowest BCUT2D eigenvalue weighted by molar-refractivity contribution is 0.0679. The molecule has 0 saturated carbocycles. The second kappa shape index (κ2) is 5.98. The second-order valence-corrected chi connectivity index (χ2v) is 6.28. The predicted octanol–water partition coefficient (Wildman–Crippen LogP) is -0.583. The molecule has 0 bridgehead atoms. The van der Waals surface area contributed by atoms with Gasteiger partial charge < -0.3 is 14.3 Å². The van der Waals surface area contributed by atoms with Gasteiger partial charge in [0.15, 0.2) is 5.58 Å². The summed E-state index contributed by atoms with van der Waals surface area (Å²) in [6.07, 6.45) is -0.942. The third-order valence-electron chi connectivity index (χ3n) is 2.94. The molecule has 1 heterocycles. The van der Waals surface area contributed by atoms with Crippen molar-refractivity contribution >= 4 is 21.1 Å². The number of rotatable bonds is 6. The first-order valence-electron chi connectivity index (χ1n) is 6.11. The SMILES string of the molecule is COCC(O)CNS(=O)(=O)c1ccc2c(c1)oc(=O)n2C. The Labute approximate surface area is 121 Å². The maximum Gasteiger partial charge on any atom is 0.419 e. The summed E-state index contributed by atoms with van der Waals surface area (Å²) in [6.45, 7) is -0.151. The molecule has 0 amide bonds. The van der Waals surface area contributed by atoms with Gasteiger partial charge in [-0.1, -0.05) is 0 Å². The molecule has 1 aromatic carbocycles. The van der Waals surface area contributed by atoms with E-state index in [1.54, 1.807) is 0 Å². The van der Waals surface area contributed by atoms with E-state index in [0.717, 1.165) is 0 Å². The molecule has 0 saturated heterocycles. The van der Waals surface area contributed by atoms with Crippen LogP contribution in [0.2, 0.25) is 0 Å². The number of methoxy groups -OCH3 is 1. The summed E-state index contributed by atoms with van der Waals surface area (Å²) in [6, 6.07) is 4.12. The number of oxazole rings is 1. The van der Waals surface area contributed by atoms with E-state index in [1.165, 1.54) is 36.9 Å². The first-order valence-corrected chi connectivity index (χ1v) is 7.59. The van der Waals surface area contributed by atoms with Gasteiger partial charge in [-0.2, -0.15) is 0 Å². The van der Waals surface area contributed by atoms with Gasteiger partial charge in [-0.05, 0) is 12.1 Å². The van der Waals surface area contributed by atoms with Gasteiger partial charge >= 0.3 is 5.76 Å². The lowest BCUT2D eigenvalue weighted by Crippen LogP contribution is -2.34. The third kappa shape index (κ3) is 3.32. The number of aliphatic hydroxyl groups is 1. The fourth-order valence-corrected chi connectivity index (χ4v) is 2.91. The van der Waals surface area contributed by atoms with Crippen molar-refractivity contribution in [2.24, 2.45) is 7.05 Å². The molecule has 1 atom stereocenters. The molecule has 2 aromatic rings. The Morgan fingerprint density at radius 3 is 2.86 bits per heavy atom. The van der Waals surface area contributed by atoms with Crippen molar-refractivity contribution < 1.29 is 22.7 Å². The largest absolute Gasteiger partial charge is 0.419 e. The van der Waals surface area contributed by atoms with Crippen LogP contribution in [-0.2, 0) is 21.8 Å². The number of fused-ring (bicyclic) bond motifs is 1. The Kier molecular flexibility index (Phi) is 4.47. The van der Waals surface area contributed by atoms with Crippen LogP contribution in [0.25, 0.3) is 11.1 Å². The number of nitrogens with one attached hydrogen (secondary N) is 1. The summed E-state index contributed by atoms with van der Waals surface area (Å²) in [5, 5.41) is 9.46. The molecule has 1 unspecified atom stereocenters. The Hall–Kier alpha value is -1.68. The number of nitrogens with zero attached hydrogens (tertiary/aromatic N) is 1. The number of aryl methyl sites for hydroxylation is 1. The number of aromatic nitrogens is 1. The molecule has 1 aromatic heterocycles. The van der Waals surface area contributed by atoms with Crippen molar-refractivity contribution in [3.8, 4) is 0 Å². The van der Waals surface area contributed by atoms with Crippen LogP contribution in [0.3, 0.4) is 0 Å². The smallest absolute Gasteiger partial charge is 0.408 e. The van der Waals surface area contributed by atoms with E-state index in [-0.39, 0.29) is 23.6 Å². The number of hydrogen-bond donors (Lipinski definition) is 2. The van der Waals surface area contributed by atoms with Crippen molar-refractivity contribution in [1.29, 1.82) is 0 Å². The van der Waals surface area contributed by atoms with Gasteiger partial charge in [0.1, 0.15) is 0 Å². The van der Waals surface area contributed by atoms with E-state index in [2.05, 4.69) is 4.72 Å². The Balaban J connectivity index is 2.26. The van der Waals surface area contributed by atoms with E-state index >= 15 is 0 Å². The first kappa shape index (κ1) is 15.7. The summed E-state index contributed by atoms with van der Waals surface area (Å²) in [4.78, 5) is 11.3. The molecular weight excluding hydrogens is 300 g/mol. The van der Waals surface area contributed by atoms with Gasteiger partial charge in [0.2, 0.25) is 10.0 Å². The molecule has 0 aliphatic rings. The van der Waals surface area contributed by atoms with Crippen LogP contribution in [-0.4, -0.2) is 44.5 Å². The van der Waals surface area contributed by atoms with E-state index in [1.807, 2.05) is 0 Å². The number of sulfonamides is 1. The fourth-order valence-electron chi connectivity index (χ4n) is 1.82. The quantitative estimate of drug-likeness (QED) is 0.737. The zero-order valence-corrected chi connectivity index (χ0v) is 12.4. The summed E-state index contributed by atoms with van der Waals surface area (Å²) in [7, 11) is -0.870. The van der Waals surface area contributed by atoms with Gasteiger partial charge in [0.05, 0.1) is 23.1 Å². The lowest BCUT2D eigenvalue weighted by Gasteiger charge is -2.11. The minimum Gasteiger partial charge on any atom is -0.408 e. The standard InChI is InChI=1S/C12H16N2O6S/c1-14-10-4-3-9(5-11(10)20-12(14)16)21(17,18)13-6-8(15)7-19-2/h3-5,8,13,15H,6-7H2,1-2H3. The minimum absolute atomic E-state index is 0.0229. The van der Waals surface area contributed by atoms with Crippen LogP contribution < -0.4 is 10.5 Å². The zero-order valence-electron chi connectivity index (χ0n) is 11.6. The number of ether oxygens (including phenoxy) is 1. The van der Waals surface area contributed by atoms with Crippen LogP contribution >= 0.6 is 0 Å². The highest BCUT2D eigenvalue weighted by Gasteiger charge is 2.18. The maximum absolute atomic E-state index is 12.1. The monoisotopic (exact) mass is 316 g/mol. The van der Waals surface area contributed by atoms with Gasteiger partial charge in [-0.15, -0.1) is 0 Å². The van der Waals surface area contributed by atoms with E-state index in [4.69, 9.17) is 9.15 Å². The van der Waals surface area contributed by atoms with Crippen molar-refractivity contribution in [2.45, 2.75) is 11.0 Å². The van der Waals surface area contributed by atoms with Gasteiger partial charge in [0, 0.05) is 26.8 Å². The second-order valence-electron chi connectivity index (χ2n) is 4.52. The number of hydrogen-bond acceptors (Lipinski definition) is 6.